The van der Waals surface area contributed by atoms with E-state index in [1.54, 1.807) is 0 Å². The van der Waals surface area contributed by atoms with Gasteiger partial charge in [0.1, 0.15) is 11.5 Å². The van der Waals surface area contributed by atoms with E-state index in [0.29, 0.717) is 11.4 Å². The number of ether oxygens (including phenoxy) is 2. The quantitative estimate of drug-likeness (QED) is 0.336. The standard InChI is InChI=1S/C23H15NO6S/c25-20-9-10-21(26)24(20)17-3-1-16(2-4-17)23(28)30-19-7-5-18(6-8-19)29-22(27)13-15-11-12-31-14-15/h1-12,14H,13H2. The number of imide groups is 1. The Morgan fingerprint density at radius 2 is 1.42 bits per heavy atom. The van der Waals surface area contributed by atoms with Gasteiger partial charge in [0, 0.05) is 12.2 Å². The molecule has 8 heteroatoms. The van der Waals surface area contributed by atoms with E-state index in [4.69, 9.17) is 9.47 Å². The number of rotatable bonds is 6. The van der Waals surface area contributed by atoms with E-state index in [0.717, 1.165) is 10.5 Å². The fourth-order valence-corrected chi connectivity index (χ4v) is 3.54. The van der Waals surface area contributed by atoms with Crippen molar-refractivity contribution in [3.63, 3.8) is 0 Å². The van der Waals surface area contributed by atoms with E-state index < -0.39 is 17.8 Å². The molecule has 0 saturated heterocycles. The number of amides is 2. The van der Waals surface area contributed by atoms with Gasteiger partial charge in [-0.25, -0.2) is 9.69 Å². The lowest BCUT2D eigenvalue weighted by Crippen LogP contribution is -2.29. The summed E-state index contributed by atoms with van der Waals surface area (Å²) in [5.74, 6) is -1.23. The Labute approximate surface area is 181 Å². The van der Waals surface area contributed by atoms with Crippen LogP contribution in [-0.4, -0.2) is 23.8 Å². The Morgan fingerprint density at radius 1 is 0.806 bits per heavy atom. The van der Waals surface area contributed by atoms with Gasteiger partial charge in [-0.1, -0.05) is 0 Å². The molecule has 154 valence electrons. The van der Waals surface area contributed by atoms with Crippen LogP contribution in [0.25, 0.3) is 0 Å². The number of nitrogens with zero attached hydrogens (tertiary/aromatic N) is 1. The number of carbonyl (C=O) groups is 4. The van der Waals surface area contributed by atoms with E-state index in [1.165, 1.54) is 72.0 Å². The Bertz CT molecular complexity index is 1150. The molecule has 0 bridgehead atoms. The fraction of sp³-hybridized carbons (Fsp3) is 0.0435. The van der Waals surface area contributed by atoms with Crippen LogP contribution in [0.4, 0.5) is 5.69 Å². The number of carbonyl (C=O) groups excluding carboxylic acids is 4. The fourth-order valence-electron chi connectivity index (χ4n) is 2.87. The van der Waals surface area contributed by atoms with Gasteiger partial charge in [-0.15, -0.1) is 0 Å². The summed E-state index contributed by atoms with van der Waals surface area (Å²) >= 11 is 1.51. The molecule has 0 saturated carbocycles. The van der Waals surface area contributed by atoms with Crippen molar-refractivity contribution >= 4 is 40.8 Å². The van der Waals surface area contributed by atoms with Crippen LogP contribution in [0.3, 0.4) is 0 Å². The number of hydrogen-bond donors (Lipinski definition) is 0. The van der Waals surface area contributed by atoms with E-state index in [2.05, 4.69) is 0 Å². The van der Waals surface area contributed by atoms with Gasteiger partial charge in [0.15, 0.2) is 0 Å². The summed E-state index contributed by atoms with van der Waals surface area (Å²) in [6.07, 6.45) is 2.56. The van der Waals surface area contributed by atoms with Gasteiger partial charge < -0.3 is 9.47 Å². The maximum atomic E-state index is 12.3. The molecule has 1 aliphatic rings. The molecule has 0 aliphatic carbocycles. The average Bonchev–Trinajstić information content (AvgIpc) is 3.39. The molecule has 3 aromatic rings. The van der Waals surface area contributed by atoms with Crippen molar-refractivity contribution in [3.8, 4) is 11.5 Å². The number of thiophene rings is 1. The number of hydrogen-bond acceptors (Lipinski definition) is 7. The van der Waals surface area contributed by atoms with Gasteiger partial charge in [0.2, 0.25) is 0 Å². The predicted octanol–water partition coefficient (Wildman–Crippen LogP) is 3.54. The molecule has 0 spiro atoms. The summed E-state index contributed by atoms with van der Waals surface area (Å²) in [5, 5.41) is 3.77. The van der Waals surface area contributed by atoms with Crippen LogP contribution >= 0.6 is 11.3 Å². The second kappa shape index (κ2) is 8.76. The highest BCUT2D eigenvalue weighted by molar-refractivity contribution is 7.08. The minimum Gasteiger partial charge on any atom is -0.426 e. The molecule has 2 amide bonds. The van der Waals surface area contributed by atoms with Crippen molar-refractivity contribution in [2.24, 2.45) is 0 Å². The van der Waals surface area contributed by atoms with Gasteiger partial charge >= 0.3 is 11.9 Å². The van der Waals surface area contributed by atoms with Crippen molar-refractivity contribution in [1.82, 2.24) is 0 Å². The molecule has 4 rings (SSSR count). The largest absolute Gasteiger partial charge is 0.426 e. The molecule has 0 N–H and O–H groups in total. The highest BCUT2D eigenvalue weighted by Crippen LogP contribution is 2.22. The van der Waals surface area contributed by atoms with Crippen molar-refractivity contribution in [2.75, 3.05) is 4.90 Å². The zero-order valence-electron chi connectivity index (χ0n) is 16.0. The highest BCUT2D eigenvalue weighted by atomic mass is 32.1. The van der Waals surface area contributed by atoms with E-state index >= 15 is 0 Å². The predicted molar refractivity (Wildman–Crippen MR) is 113 cm³/mol. The molecule has 1 aromatic heterocycles. The SMILES string of the molecule is O=C(Cc1ccsc1)Oc1ccc(OC(=O)c2ccc(N3C(=O)C=CC3=O)cc2)cc1. The zero-order valence-corrected chi connectivity index (χ0v) is 16.8. The second-order valence-corrected chi connectivity index (χ2v) is 7.32. The van der Waals surface area contributed by atoms with Crippen molar-refractivity contribution < 1.29 is 28.7 Å². The highest BCUT2D eigenvalue weighted by Gasteiger charge is 2.25. The zero-order chi connectivity index (χ0) is 21.8. The number of anilines is 1. The molecule has 0 atom stereocenters. The molecule has 7 nitrogen and oxygen atoms in total. The molecule has 2 heterocycles. The Hall–Kier alpha value is -4.04. The number of benzene rings is 2. The van der Waals surface area contributed by atoms with Crippen LogP contribution in [-0.2, 0) is 20.8 Å². The van der Waals surface area contributed by atoms with Gasteiger partial charge in [0.25, 0.3) is 11.8 Å². The second-order valence-electron chi connectivity index (χ2n) is 6.54. The summed E-state index contributed by atoms with van der Waals surface area (Å²) in [6.45, 7) is 0. The van der Waals surface area contributed by atoms with Gasteiger partial charge in [0.05, 0.1) is 17.7 Å². The van der Waals surface area contributed by atoms with E-state index in [1.807, 2.05) is 16.8 Å². The molecule has 0 radical (unpaired) electrons. The monoisotopic (exact) mass is 433 g/mol. The van der Waals surface area contributed by atoms with Crippen LogP contribution in [0.1, 0.15) is 15.9 Å². The van der Waals surface area contributed by atoms with E-state index in [9.17, 15) is 19.2 Å². The van der Waals surface area contributed by atoms with Crippen molar-refractivity contribution in [1.29, 1.82) is 0 Å². The maximum absolute atomic E-state index is 12.3. The average molecular weight is 433 g/mol. The molecular weight excluding hydrogens is 418 g/mol. The summed E-state index contributed by atoms with van der Waals surface area (Å²) in [4.78, 5) is 48.7. The van der Waals surface area contributed by atoms with Crippen LogP contribution in [0.5, 0.6) is 11.5 Å². The summed E-state index contributed by atoms with van der Waals surface area (Å²) < 4.78 is 10.6. The first-order valence-corrected chi connectivity index (χ1v) is 10.1. The first kappa shape index (κ1) is 20.2. The van der Waals surface area contributed by atoms with Crippen LogP contribution < -0.4 is 14.4 Å². The number of esters is 2. The van der Waals surface area contributed by atoms with Crippen LogP contribution in [0.2, 0.25) is 0 Å². The summed E-state index contributed by atoms with van der Waals surface area (Å²) in [5.41, 5.74) is 1.51. The van der Waals surface area contributed by atoms with Gasteiger partial charge in [-0.05, 0) is 70.9 Å². The molecule has 31 heavy (non-hydrogen) atoms. The minimum atomic E-state index is -0.606. The lowest BCUT2D eigenvalue weighted by molar-refractivity contribution is -0.133. The first-order valence-electron chi connectivity index (χ1n) is 9.20. The van der Waals surface area contributed by atoms with Crippen LogP contribution in [0, 0.1) is 0 Å². The summed E-state index contributed by atoms with van der Waals surface area (Å²) in [7, 11) is 0. The Balaban J connectivity index is 1.34. The topological polar surface area (TPSA) is 90.0 Å². The first-order chi connectivity index (χ1) is 15.0. The Kier molecular flexibility index (Phi) is 5.72. The molecule has 0 unspecified atom stereocenters. The van der Waals surface area contributed by atoms with Gasteiger partial charge in [-0.3, -0.25) is 14.4 Å². The third-order valence-electron chi connectivity index (χ3n) is 4.36. The molecular formula is C23H15NO6S. The summed E-state index contributed by atoms with van der Waals surface area (Å²) in [6, 6.07) is 13.9. The lowest BCUT2D eigenvalue weighted by Gasteiger charge is -2.14. The third-order valence-corrected chi connectivity index (χ3v) is 5.10. The molecule has 2 aromatic carbocycles. The normalized spacial score (nSPS) is 12.8. The van der Waals surface area contributed by atoms with Crippen LogP contribution in [0.15, 0.2) is 77.5 Å². The Morgan fingerprint density at radius 3 is 2.00 bits per heavy atom. The van der Waals surface area contributed by atoms with Crippen molar-refractivity contribution in [2.45, 2.75) is 6.42 Å². The maximum Gasteiger partial charge on any atom is 0.343 e. The third kappa shape index (κ3) is 4.76. The van der Waals surface area contributed by atoms with Gasteiger partial charge in [-0.2, -0.15) is 11.3 Å². The van der Waals surface area contributed by atoms with Crippen molar-refractivity contribution in [3.05, 3.63) is 88.6 Å². The minimum absolute atomic E-state index is 0.181. The lowest BCUT2D eigenvalue weighted by atomic mass is 10.2. The smallest absolute Gasteiger partial charge is 0.343 e. The molecule has 1 aliphatic heterocycles. The molecule has 0 fully saturated rings. The van der Waals surface area contributed by atoms with E-state index in [-0.39, 0.29) is 23.7 Å².